The molecule has 2 atom stereocenters. The third kappa shape index (κ3) is 2.04. The highest BCUT2D eigenvalue weighted by atomic mass is 28.2. The Bertz CT molecular complexity index is 701. The van der Waals surface area contributed by atoms with E-state index < -0.39 is 0 Å². The fraction of sp³-hybridized carbons (Fsp3) is 0.200. The summed E-state index contributed by atoms with van der Waals surface area (Å²) in [5.41, 5.74) is 9.98. The van der Waals surface area contributed by atoms with Crippen molar-refractivity contribution in [1.82, 2.24) is 0 Å². The maximum absolute atomic E-state index is 2.47. The van der Waals surface area contributed by atoms with Gasteiger partial charge in [-0.25, -0.2) is 0 Å². The molecule has 2 aliphatic carbocycles. The van der Waals surface area contributed by atoms with Crippen LogP contribution in [0.25, 0.3) is 11.1 Å². The van der Waals surface area contributed by atoms with Crippen LogP contribution in [0, 0.1) is 0 Å². The normalized spacial score (nSPS) is 22.6. The van der Waals surface area contributed by atoms with Crippen molar-refractivity contribution in [3.8, 4) is 0 Å². The van der Waals surface area contributed by atoms with Gasteiger partial charge in [-0.05, 0) is 58.3 Å². The molecule has 0 aromatic heterocycles. The van der Waals surface area contributed by atoms with E-state index in [4.69, 9.17) is 0 Å². The van der Waals surface area contributed by atoms with Gasteiger partial charge in [0, 0.05) is 0 Å². The Kier molecular flexibility index (Phi) is 2.97. The first-order valence-corrected chi connectivity index (χ1v) is 8.71. The van der Waals surface area contributed by atoms with Gasteiger partial charge in [-0.1, -0.05) is 60.7 Å². The molecule has 2 radical (unpaired) electrons. The summed E-state index contributed by atoms with van der Waals surface area (Å²) in [6.45, 7) is 4.49. The van der Waals surface area contributed by atoms with Gasteiger partial charge in [-0.3, -0.25) is 0 Å². The molecule has 1 heteroatoms. The van der Waals surface area contributed by atoms with Crippen LogP contribution in [0.5, 0.6) is 0 Å². The number of fused-ring (bicyclic) bond motifs is 2. The molecule has 0 fully saturated rings. The molecule has 21 heavy (non-hydrogen) atoms. The zero-order chi connectivity index (χ0) is 14.4. The van der Waals surface area contributed by atoms with E-state index in [9.17, 15) is 0 Å². The molecule has 102 valence electrons. The van der Waals surface area contributed by atoms with E-state index in [2.05, 4.69) is 74.5 Å². The van der Waals surface area contributed by atoms with Crippen molar-refractivity contribution in [3.63, 3.8) is 0 Å². The highest BCUT2D eigenvalue weighted by Crippen LogP contribution is 2.41. The van der Waals surface area contributed by atoms with Crippen molar-refractivity contribution in [2.45, 2.75) is 24.9 Å². The Morgan fingerprint density at radius 1 is 0.667 bits per heavy atom. The highest BCUT2D eigenvalue weighted by Gasteiger charge is 2.28. The Labute approximate surface area is 129 Å². The lowest BCUT2D eigenvalue weighted by Gasteiger charge is -2.15. The van der Waals surface area contributed by atoms with Crippen molar-refractivity contribution in [1.29, 1.82) is 0 Å². The van der Waals surface area contributed by atoms with Crippen LogP contribution in [0.2, 0.25) is 0 Å². The Morgan fingerprint density at radius 3 is 1.57 bits per heavy atom. The van der Waals surface area contributed by atoms with Crippen LogP contribution in [-0.4, -0.2) is 9.52 Å². The summed E-state index contributed by atoms with van der Waals surface area (Å²) in [5, 5.41) is 0. The number of allylic oxidation sites excluding steroid dienone is 4. The highest BCUT2D eigenvalue weighted by molar-refractivity contribution is 6.43. The van der Waals surface area contributed by atoms with Gasteiger partial charge in [-0.2, -0.15) is 0 Å². The van der Waals surface area contributed by atoms with E-state index >= 15 is 0 Å². The van der Waals surface area contributed by atoms with Gasteiger partial charge in [-0.15, -0.1) is 0 Å². The van der Waals surface area contributed by atoms with E-state index in [0.29, 0.717) is 11.1 Å². The minimum atomic E-state index is 0.585. The Balaban J connectivity index is 1.67. The molecule has 4 rings (SSSR count). The molecular formula is C20H18Si. The molecule has 2 aromatic rings. The van der Waals surface area contributed by atoms with E-state index in [1.54, 1.807) is 0 Å². The average Bonchev–Trinajstić information content (AvgIpc) is 3.00. The van der Waals surface area contributed by atoms with Crippen LogP contribution in [-0.2, 0) is 0 Å². The lowest BCUT2D eigenvalue weighted by atomic mass is 10.1. The molecule has 2 unspecified atom stereocenters. The third-order valence-corrected chi connectivity index (χ3v) is 6.31. The molecule has 2 aromatic carbocycles. The number of hydrogen-bond acceptors (Lipinski definition) is 0. The summed E-state index contributed by atoms with van der Waals surface area (Å²) in [6.07, 6.45) is 4.93. The zero-order valence-corrected chi connectivity index (χ0v) is 13.4. The van der Waals surface area contributed by atoms with Crippen molar-refractivity contribution in [2.75, 3.05) is 0 Å². The summed E-state index contributed by atoms with van der Waals surface area (Å²) in [6, 6.07) is 17.8. The first-order chi connectivity index (χ1) is 10.2. The molecule has 0 saturated carbocycles. The van der Waals surface area contributed by atoms with Gasteiger partial charge in [0.05, 0.1) is 9.52 Å². The summed E-state index contributed by atoms with van der Waals surface area (Å²) >= 11 is 0. The average molecular weight is 286 g/mol. The lowest BCUT2D eigenvalue weighted by molar-refractivity contribution is 1.13. The predicted molar refractivity (Wildman–Crippen MR) is 91.4 cm³/mol. The first kappa shape index (κ1) is 12.8. The molecule has 0 saturated heterocycles. The molecule has 0 spiro atoms. The molecule has 0 aliphatic heterocycles. The molecular weight excluding hydrogens is 268 g/mol. The van der Waals surface area contributed by atoms with E-state index in [-0.39, 0.29) is 0 Å². The maximum atomic E-state index is 2.47. The van der Waals surface area contributed by atoms with E-state index in [1.165, 1.54) is 33.4 Å². The van der Waals surface area contributed by atoms with Gasteiger partial charge >= 0.3 is 0 Å². The second-order valence-electron chi connectivity index (χ2n) is 6.00. The minimum Gasteiger partial charge on any atom is -0.0767 e. The fourth-order valence-corrected chi connectivity index (χ4v) is 5.52. The Hall–Kier alpha value is -1.86. The summed E-state index contributed by atoms with van der Waals surface area (Å²) in [7, 11) is 0.893. The topological polar surface area (TPSA) is 0 Å². The molecule has 0 nitrogen and oxygen atoms in total. The molecule has 0 heterocycles. The zero-order valence-electron chi connectivity index (χ0n) is 12.4. The largest absolute Gasteiger partial charge is 0.0767 e. The number of benzene rings is 2. The quantitative estimate of drug-likeness (QED) is 0.681. The Morgan fingerprint density at radius 2 is 1.10 bits per heavy atom. The monoisotopic (exact) mass is 286 g/mol. The number of hydrogen-bond donors (Lipinski definition) is 0. The van der Waals surface area contributed by atoms with Crippen LogP contribution in [0.4, 0.5) is 0 Å². The standard InChI is InChI=1S/C20H18Si/c1-13-11-19(17-9-5-3-7-15(13)17)21-20-12-14(2)16-8-4-6-10-18(16)20/h3-12,19-20H,1-2H3. The maximum Gasteiger partial charge on any atom is 0.0671 e. The fourth-order valence-electron chi connectivity index (χ4n) is 3.58. The van der Waals surface area contributed by atoms with E-state index in [0.717, 1.165) is 9.52 Å². The van der Waals surface area contributed by atoms with Crippen LogP contribution in [0.3, 0.4) is 0 Å². The minimum absolute atomic E-state index is 0.585. The van der Waals surface area contributed by atoms with Crippen molar-refractivity contribution < 1.29 is 0 Å². The van der Waals surface area contributed by atoms with Crippen molar-refractivity contribution >= 4 is 20.7 Å². The molecule has 0 N–H and O–H groups in total. The van der Waals surface area contributed by atoms with Gasteiger partial charge in [0.25, 0.3) is 0 Å². The number of rotatable bonds is 2. The third-order valence-electron chi connectivity index (χ3n) is 4.63. The lowest BCUT2D eigenvalue weighted by Crippen LogP contribution is -2.12. The second kappa shape index (κ2) is 4.85. The van der Waals surface area contributed by atoms with Crippen LogP contribution < -0.4 is 0 Å². The van der Waals surface area contributed by atoms with Crippen LogP contribution in [0.1, 0.15) is 47.2 Å². The van der Waals surface area contributed by atoms with Crippen LogP contribution in [0.15, 0.2) is 60.7 Å². The van der Waals surface area contributed by atoms with Gasteiger partial charge in [0.15, 0.2) is 0 Å². The van der Waals surface area contributed by atoms with Crippen molar-refractivity contribution in [2.24, 2.45) is 0 Å². The summed E-state index contributed by atoms with van der Waals surface area (Å²) in [4.78, 5) is 0. The van der Waals surface area contributed by atoms with Gasteiger partial charge in [0.2, 0.25) is 0 Å². The predicted octanol–water partition coefficient (Wildman–Crippen LogP) is 5.01. The molecule has 0 amide bonds. The second-order valence-corrected chi connectivity index (χ2v) is 7.57. The van der Waals surface area contributed by atoms with Gasteiger partial charge in [0.1, 0.15) is 0 Å². The smallest absolute Gasteiger partial charge is 0.0671 e. The van der Waals surface area contributed by atoms with Gasteiger partial charge < -0.3 is 0 Å². The molecule has 2 aliphatic rings. The SMILES string of the molecule is CC1=CC([Si]C2C=C(C)c3ccccc32)c2ccccc21. The van der Waals surface area contributed by atoms with E-state index in [1.807, 2.05) is 0 Å². The van der Waals surface area contributed by atoms with Crippen LogP contribution >= 0.6 is 0 Å². The van der Waals surface area contributed by atoms with Crippen molar-refractivity contribution in [3.05, 3.63) is 82.9 Å². The first-order valence-electron chi connectivity index (χ1n) is 7.55. The summed E-state index contributed by atoms with van der Waals surface area (Å²) in [5.74, 6) is 0. The summed E-state index contributed by atoms with van der Waals surface area (Å²) < 4.78 is 0. The molecule has 0 bridgehead atoms.